The molecule has 1 atom stereocenters. The first-order chi connectivity index (χ1) is 11.1. The highest BCUT2D eigenvalue weighted by Crippen LogP contribution is 2.38. The maximum Gasteiger partial charge on any atom is 0.321 e. The molecular formula is C17H18N2O4. The highest BCUT2D eigenvalue weighted by atomic mass is 16.5. The predicted octanol–water partition coefficient (Wildman–Crippen LogP) is 2.29. The first-order valence-corrected chi connectivity index (χ1v) is 7.54. The Morgan fingerprint density at radius 3 is 3.04 bits per heavy atom. The molecule has 1 aliphatic rings. The number of nitrogens with zero attached hydrogens (tertiary/aromatic N) is 1. The van der Waals surface area contributed by atoms with Gasteiger partial charge in [0.25, 0.3) is 5.69 Å². The number of pyridine rings is 1. The van der Waals surface area contributed by atoms with Gasteiger partial charge in [0, 0.05) is 30.2 Å². The summed E-state index contributed by atoms with van der Waals surface area (Å²) in [5, 5.41) is 14.4. The average molecular weight is 314 g/mol. The van der Waals surface area contributed by atoms with Gasteiger partial charge in [-0.1, -0.05) is 0 Å². The molecule has 3 rings (SSSR count). The standard InChI is InChI=1S/C17H18N2O4/c1-3-22-16-9-12-8-11(2)23-15(12)10-13(16)18-17(20)14-6-4-5-7-19(14)21/h4-7,9-11H,3,8H2,1-2H3,(H,18,20). The maximum absolute atomic E-state index is 12.3. The monoisotopic (exact) mass is 314 g/mol. The molecule has 0 spiro atoms. The van der Waals surface area contributed by atoms with Gasteiger partial charge >= 0.3 is 5.91 Å². The van der Waals surface area contributed by atoms with Crippen LogP contribution >= 0.6 is 0 Å². The summed E-state index contributed by atoms with van der Waals surface area (Å²) in [5.74, 6) is 0.817. The minimum Gasteiger partial charge on any atom is -0.618 e. The minimum absolute atomic E-state index is 0.0183. The molecule has 0 bridgehead atoms. The van der Waals surface area contributed by atoms with Crippen molar-refractivity contribution >= 4 is 11.6 Å². The van der Waals surface area contributed by atoms with Gasteiger partial charge in [0.2, 0.25) is 0 Å². The Kier molecular flexibility index (Phi) is 4.06. The lowest BCUT2D eigenvalue weighted by Crippen LogP contribution is -2.36. The topological polar surface area (TPSA) is 74.5 Å². The molecule has 120 valence electrons. The maximum atomic E-state index is 12.3. The van der Waals surface area contributed by atoms with E-state index in [1.807, 2.05) is 19.9 Å². The summed E-state index contributed by atoms with van der Waals surface area (Å²) in [4.78, 5) is 12.3. The van der Waals surface area contributed by atoms with E-state index >= 15 is 0 Å². The molecule has 6 nitrogen and oxygen atoms in total. The van der Waals surface area contributed by atoms with Crippen LogP contribution in [0.3, 0.4) is 0 Å². The second-order valence-electron chi connectivity index (χ2n) is 5.39. The molecule has 1 aromatic carbocycles. The lowest BCUT2D eigenvalue weighted by molar-refractivity contribution is -0.607. The van der Waals surface area contributed by atoms with Crippen LogP contribution in [0.5, 0.6) is 11.5 Å². The van der Waals surface area contributed by atoms with Gasteiger partial charge in [0.15, 0.2) is 6.20 Å². The molecule has 0 aliphatic carbocycles. The second kappa shape index (κ2) is 6.16. The molecule has 1 aliphatic heterocycles. The number of carbonyl (C=O) groups excluding carboxylic acids is 1. The minimum atomic E-state index is -0.493. The number of ether oxygens (including phenoxy) is 2. The van der Waals surface area contributed by atoms with E-state index in [0.29, 0.717) is 22.8 Å². The fourth-order valence-corrected chi connectivity index (χ4v) is 2.60. The summed E-state index contributed by atoms with van der Waals surface area (Å²) in [5.41, 5.74) is 1.57. The van der Waals surface area contributed by atoms with Crippen molar-refractivity contribution in [3.05, 3.63) is 53.0 Å². The number of nitrogens with one attached hydrogen (secondary N) is 1. The molecule has 0 fully saturated rings. The summed E-state index contributed by atoms with van der Waals surface area (Å²) < 4.78 is 11.9. The molecule has 2 aromatic rings. The second-order valence-corrected chi connectivity index (χ2v) is 5.39. The number of hydrogen-bond acceptors (Lipinski definition) is 4. The summed E-state index contributed by atoms with van der Waals surface area (Å²) in [6.07, 6.45) is 2.19. The molecule has 6 heteroatoms. The van der Waals surface area contributed by atoms with Crippen molar-refractivity contribution in [3.8, 4) is 11.5 Å². The summed E-state index contributed by atoms with van der Waals surface area (Å²) in [6, 6.07) is 8.31. The third-order valence-corrected chi connectivity index (χ3v) is 3.60. The van der Waals surface area contributed by atoms with Crippen LogP contribution < -0.4 is 19.5 Å². The summed E-state index contributed by atoms with van der Waals surface area (Å²) in [6.45, 7) is 4.34. The van der Waals surface area contributed by atoms with Gasteiger partial charge in [0.1, 0.15) is 17.6 Å². The zero-order chi connectivity index (χ0) is 16.4. The van der Waals surface area contributed by atoms with Crippen molar-refractivity contribution in [1.82, 2.24) is 0 Å². The van der Waals surface area contributed by atoms with Crippen LogP contribution in [-0.4, -0.2) is 18.6 Å². The quantitative estimate of drug-likeness (QED) is 0.694. The lowest BCUT2D eigenvalue weighted by Gasteiger charge is -2.13. The Morgan fingerprint density at radius 1 is 1.48 bits per heavy atom. The van der Waals surface area contributed by atoms with E-state index in [1.165, 1.54) is 12.3 Å². The molecule has 0 saturated heterocycles. The summed E-state index contributed by atoms with van der Waals surface area (Å²) in [7, 11) is 0. The Balaban J connectivity index is 1.91. The van der Waals surface area contributed by atoms with Crippen molar-refractivity contribution in [2.24, 2.45) is 0 Å². The Hall–Kier alpha value is -2.76. The van der Waals surface area contributed by atoms with Crippen molar-refractivity contribution < 1.29 is 19.0 Å². The van der Waals surface area contributed by atoms with Gasteiger partial charge in [0.05, 0.1) is 12.3 Å². The Labute approximate surface area is 134 Å². The van der Waals surface area contributed by atoms with Gasteiger partial charge < -0.3 is 20.0 Å². The van der Waals surface area contributed by atoms with E-state index in [4.69, 9.17) is 9.47 Å². The van der Waals surface area contributed by atoms with Crippen LogP contribution in [0.1, 0.15) is 29.9 Å². The van der Waals surface area contributed by atoms with E-state index < -0.39 is 5.91 Å². The van der Waals surface area contributed by atoms with E-state index in [0.717, 1.165) is 17.7 Å². The number of fused-ring (bicyclic) bond motifs is 1. The van der Waals surface area contributed by atoms with E-state index in [2.05, 4.69) is 5.32 Å². The molecule has 1 amide bonds. The highest BCUT2D eigenvalue weighted by Gasteiger charge is 2.24. The van der Waals surface area contributed by atoms with Crippen molar-refractivity contribution in [2.75, 3.05) is 11.9 Å². The largest absolute Gasteiger partial charge is 0.618 e. The number of anilines is 1. The number of aromatic nitrogens is 1. The SMILES string of the molecule is CCOc1cc2c(cc1NC(=O)c1cccc[n+]1[O-])OC(C)C2. The lowest BCUT2D eigenvalue weighted by atomic mass is 10.1. The van der Waals surface area contributed by atoms with Crippen LogP contribution in [0.4, 0.5) is 5.69 Å². The van der Waals surface area contributed by atoms with Crippen LogP contribution in [0, 0.1) is 5.21 Å². The van der Waals surface area contributed by atoms with Crippen molar-refractivity contribution in [1.29, 1.82) is 0 Å². The third-order valence-electron chi connectivity index (χ3n) is 3.60. The Bertz CT molecular complexity index is 745. The highest BCUT2D eigenvalue weighted by molar-refractivity contribution is 6.02. The number of carbonyl (C=O) groups is 1. The smallest absolute Gasteiger partial charge is 0.321 e. The van der Waals surface area contributed by atoms with Crippen molar-refractivity contribution in [2.45, 2.75) is 26.4 Å². The average Bonchev–Trinajstić information content (AvgIpc) is 2.87. The predicted molar refractivity (Wildman–Crippen MR) is 84.8 cm³/mol. The third kappa shape index (κ3) is 3.06. The Morgan fingerprint density at radius 2 is 2.30 bits per heavy atom. The zero-order valence-electron chi connectivity index (χ0n) is 13.0. The molecule has 2 heterocycles. The van der Waals surface area contributed by atoms with Crippen molar-refractivity contribution in [3.63, 3.8) is 0 Å². The van der Waals surface area contributed by atoms with Gasteiger partial charge in [-0.3, -0.25) is 4.79 Å². The van der Waals surface area contributed by atoms with Gasteiger partial charge in [-0.2, -0.15) is 4.73 Å². The molecule has 0 saturated carbocycles. The van der Waals surface area contributed by atoms with Crippen LogP contribution in [0.25, 0.3) is 0 Å². The van der Waals surface area contributed by atoms with Gasteiger partial charge in [-0.25, -0.2) is 0 Å². The first-order valence-electron chi connectivity index (χ1n) is 7.54. The number of benzene rings is 1. The van der Waals surface area contributed by atoms with Crippen LogP contribution in [-0.2, 0) is 6.42 Å². The summed E-state index contributed by atoms with van der Waals surface area (Å²) >= 11 is 0. The number of rotatable bonds is 4. The fraction of sp³-hybridized carbons (Fsp3) is 0.294. The molecule has 1 N–H and O–H groups in total. The zero-order valence-corrected chi connectivity index (χ0v) is 13.0. The van der Waals surface area contributed by atoms with E-state index in [-0.39, 0.29) is 11.8 Å². The van der Waals surface area contributed by atoms with E-state index in [1.54, 1.807) is 18.2 Å². The first kappa shape index (κ1) is 15.1. The molecule has 1 aromatic heterocycles. The van der Waals surface area contributed by atoms with Crippen LogP contribution in [0.15, 0.2) is 36.5 Å². The molecule has 23 heavy (non-hydrogen) atoms. The van der Waals surface area contributed by atoms with E-state index in [9.17, 15) is 10.0 Å². The van der Waals surface area contributed by atoms with Crippen LogP contribution in [0.2, 0.25) is 0 Å². The normalized spacial score (nSPS) is 15.7. The molecule has 1 unspecified atom stereocenters. The molecule has 0 radical (unpaired) electrons. The van der Waals surface area contributed by atoms with Gasteiger partial charge in [-0.15, -0.1) is 0 Å². The number of hydrogen-bond donors (Lipinski definition) is 1. The fourth-order valence-electron chi connectivity index (χ4n) is 2.60. The van der Waals surface area contributed by atoms with Gasteiger partial charge in [-0.05, 0) is 26.0 Å². The number of amides is 1. The molecular weight excluding hydrogens is 296 g/mol.